The van der Waals surface area contributed by atoms with Gasteiger partial charge in [-0.3, -0.25) is 4.79 Å². The summed E-state index contributed by atoms with van der Waals surface area (Å²) in [5, 5.41) is 3.23. The molecular formula is C13H21N5O2. The van der Waals surface area contributed by atoms with Gasteiger partial charge in [-0.15, -0.1) is 0 Å². The fourth-order valence-electron chi connectivity index (χ4n) is 2.30. The van der Waals surface area contributed by atoms with E-state index in [9.17, 15) is 4.79 Å². The van der Waals surface area contributed by atoms with Crippen LogP contribution in [0.4, 0.5) is 5.95 Å². The highest BCUT2D eigenvalue weighted by Crippen LogP contribution is 2.21. The monoisotopic (exact) mass is 279 g/mol. The zero-order valence-corrected chi connectivity index (χ0v) is 11.7. The van der Waals surface area contributed by atoms with Crippen molar-refractivity contribution in [2.24, 2.45) is 5.73 Å². The predicted octanol–water partition coefficient (Wildman–Crippen LogP) is -0.333. The lowest BCUT2D eigenvalue weighted by Gasteiger charge is -2.21. The lowest BCUT2D eigenvalue weighted by Crippen LogP contribution is -2.41. The number of hydrogen-bond acceptors (Lipinski definition) is 6. The van der Waals surface area contributed by atoms with Crippen LogP contribution in [-0.4, -0.2) is 48.7 Å². The normalized spacial score (nSPS) is 18.4. The number of nitrogens with two attached hydrogens (primary N) is 1. The summed E-state index contributed by atoms with van der Waals surface area (Å²) in [4.78, 5) is 21.9. The molecule has 1 amide bonds. The highest BCUT2D eigenvalue weighted by molar-refractivity contribution is 5.83. The molecule has 1 aromatic rings. The lowest BCUT2D eigenvalue weighted by atomic mass is 10.2. The van der Waals surface area contributed by atoms with Crippen molar-refractivity contribution in [3.63, 3.8) is 0 Å². The number of aromatic nitrogens is 2. The van der Waals surface area contributed by atoms with Crippen LogP contribution in [0.25, 0.3) is 0 Å². The summed E-state index contributed by atoms with van der Waals surface area (Å²) in [6.45, 7) is 2.93. The average molecular weight is 279 g/mol. The third-order valence-corrected chi connectivity index (χ3v) is 3.34. The zero-order valence-electron chi connectivity index (χ0n) is 11.7. The number of nitrogens with one attached hydrogen (secondary N) is 1. The molecule has 7 nitrogen and oxygen atoms in total. The van der Waals surface area contributed by atoms with E-state index in [4.69, 9.17) is 10.5 Å². The Labute approximate surface area is 118 Å². The van der Waals surface area contributed by atoms with Crippen LogP contribution in [0.1, 0.15) is 18.4 Å². The molecular weight excluding hydrogens is 258 g/mol. The highest BCUT2D eigenvalue weighted by Gasteiger charge is 2.30. The first kappa shape index (κ1) is 14.7. The summed E-state index contributed by atoms with van der Waals surface area (Å²) < 4.78 is 4.96. The number of ether oxygens (including phenoxy) is 1. The van der Waals surface area contributed by atoms with Gasteiger partial charge >= 0.3 is 0 Å². The van der Waals surface area contributed by atoms with Gasteiger partial charge in [-0.1, -0.05) is 0 Å². The van der Waals surface area contributed by atoms with E-state index in [-0.39, 0.29) is 11.9 Å². The van der Waals surface area contributed by atoms with E-state index in [0.29, 0.717) is 19.1 Å². The van der Waals surface area contributed by atoms with Gasteiger partial charge in [0.05, 0.1) is 6.61 Å². The van der Waals surface area contributed by atoms with Crippen molar-refractivity contribution in [2.45, 2.75) is 25.4 Å². The second-order valence-electron chi connectivity index (χ2n) is 4.81. The van der Waals surface area contributed by atoms with Gasteiger partial charge in [-0.25, -0.2) is 9.97 Å². The highest BCUT2D eigenvalue weighted by atomic mass is 16.5. The molecule has 2 rings (SSSR count). The molecule has 20 heavy (non-hydrogen) atoms. The van der Waals surface area contributed by atoms with Crippen molar-refractivity contribution < 1.29 is 9.53 Å². The Kier molecular flexibility index (Phi) is 5.25. The summed E-state index contributed by atoms with van der Waals surface area (Å²) >= 11 is 0. The van der Waals surface area contributed by atoms with E-state index in [2.05, 4.69) is 15.3 Å². The van der Waals surface area contributed by atoms with Gasteiger partial charge < -0.3 is 20.7 Å². The number of hydrogen-bond donors (Lipinski definition) is 2. The average Bonchev–Trinajstić information content (AvgIpc) is 2.94. The number of methoxy groups -OCH3 is 1. The molecule has 2 heterocycles. The quantitative estimate of drug-likeness (QED) is 0.664. The standard InChI is InChI=1S/C13H21N5O2/c1-20-6-4-15-7-10-8-16-13(17-9-10)18-5-2-3-11(18)12(14)19/h8-9,11,15H,2-7H2,1H3,(H2,14,19). The molecule has 1 saturated heterocycles. The maximum Gasteiger partial charge on any atom is 0.240 e. The number of anilines is 1. The van der Waals surface area contributed by atoms with Crippen LogP contribution in [0, 0.1) is 0 Å². The van der Waals surface area contributed by atoms with Gasteiger partial charge in [0.1, 0.15) is 6.04 Å². The van der Waals surface area contributed by atoms with Crippen LogP contribution in [0.3, 0.4) is 0 Å². The number of amides is 1. The minimum atomic E-state index is -0.309. The number of rotatable bonds is 7. The van der Waals surface area contributed by atoms with Crippen LogP contribution < -0.4 is 16.0 Å². The van der Waals surface area contributed by atoms with Crippen molar-refractivity contribution >= 4 is 11.9 Å². The third kappa shape index (κ3) is 3.64. The maximum atomic E-state index is 11.4. The van der Waals surface area contributed by atoms with E-state index in [1.54, 1.807) is 19.5 Å². The van der Waals surface area contributed by atoms with Gasteiger partial charge in [-0.2, -0.15) is 0 Å². The van der Waals surface area contributed by atoms with E-state index in [1.807, 2.05) is 4.90 Å². The number of carbonyl (C=O) groups is 1. The Morgan fingerprint density at radius 2 is 2.30 bits per heavy atom. The SMILES string of the molecule is COCCNCc1cnc(N2CCCC2C(N)=O)nc1. The molecule has 7 heteroatoms. The second-order valence-corrected chi connectivity index (χ2v) is 4.81. The minimum Gasteiger partial charge on any atom is -0.383 e. The summed E-state index contributed by atoms with van der Waals surface area (Å²) in [6.07, 6.45) is 5.27. The predicted molar refractivity (Wildman–Crippen MR) is 75.2 cm³/mol. The third-order valence-electron chi connectivity index (χ3n) is 3.34. The fourth-order valence-corrected chi connectivity index (χ4v) is 2.30. The zero-order chi connectivity index (χ0) is 14.4. The van der Waals surface area contributed by atoms with Gasteiger partial charge in [0.25, 0.3) is 0 Å². The van der Waals surface area contributed by atoms with E-state index >= 15 is 0 Å². The van der Waals surface area contributed by atoms with Crippen LogP contribution in [-0.2, 0) is 16.1 Å². The largest absolute Gasteiger partial charge is 0.383 e. The van der Waals surface area contributed by atoms with Gasteiger partial charge in [0, 0.05) is 44.7 Å². The van der Waals surface area contributed by atoms with Crippen molar-refractivity contribution in [1.29, 1.82) is 0 Å². The van der Waals surface area contributed by atoms with Gasteiger partial charge in [-0.05, 0) is 12.8 Å². The summed E-state index contributed by atoms with van der Waals surface area (Å²) in [5.41, 5.74) is 6.39. The van der Waals surface area contributed by atoms with Crippen LogP contribution in [0.5, 0.6) is 0 Å². The lowest BCUT2D eigenvalue weighted by molar-refractivity contribution is -0.119. The number of primary amides is 1. The summed E-state index contributed by atoms with van der Waals surface area (Å²) in [5.74, 6) is 0.267. The molecule has 0 radical (unpaired) electrons. The Hall–Kier alpha value is -1.73. The Morgan fingerprint density at radius 1 is 1.55 bits per heavy atom. The van der Waals surface area contributed by atoms with Crippen LogP contribution >= 0.6 is 0 Å². The number of carbonyl (C=O) groups excluding carboxylic acids is 1. The molecule has 3 N–H and O–H groups in total. The first-order chi connectivity index (χ1) is 9.72. The van der Waals surface area contributed by atoms with Crippen molar-refractivity contribution in [2.75, 3.05) is 31.7 Å². The molecule has 1 aliphatic heterocycles. The Morgan fingerprint density at radius 3 is 2.95 bits per heavy atom. The fraction of sp³-hybridized carbons (Fsp3) is 0.615. The van der Waals surface area contributed by atoms with Gasteiger partial charge in [0.15, 0.2) is 0 Å². The smallest absolute Gasteiger partial charge is 0.240 e. The van der Waals surface area contributed by atoms with Crippen molar-refractivity contribution in [3.8, 4) is 0 Å². The topological polar surface area (TPSA) is 93.4 Å². The molecule has 1 aromatic heterocycles. The van der Waals surface area contributed by atoms with E-state index in [1.165, 1.54) is 0 Å². The molecule has 0 aliphatic carbocycles. The van der Waals surface area contributed by atoms with Crippen molar-refractivity contribution in [1.82, 2.24) is 15.3 Å². The van der Waals surface area contributed by atoms with Crippen LogP contribution in [0.2, 0.25) is 0 Å². The molecule has 1 fully saturated rings. The second kappa shape index (κ2) is 7.16. The first-order valence-corrected chi connectivity index (χ1v) is 6.79. The summed E-state index contributed by atoms with van der Waals surface area (Å²) in [7, 11) is 1.67. The molecule has 1 atom stereocenters. The molecule has 110 valence electrons. The van der Waals surface area contributed by atoms with Crippen molar-refractivity contribution in [3.05, 3.63) is 18.0 Å². The van der Waals surface area contributed by atoms with Crippen LogP contribution in [0.15, 0.2) is 12.4 Å². The molecule has 0 aromatic carbocycles. The molecule has 0 spiro atoms. The molecule has 1 aliphatic rings. The van der Waals surface area contributed by atoms with Gasteiger partial charge in [0.2, 0.25) is 11.9 Å². The van der Waals surface area contributed by atoms with E-state index < -0.39 is 0 Å². The summed E-state index contributed by atoms with van der Waals surface area (Å²) in [6, 6.07) is -0.277. The molecule has 0 saturated carbocycles. The maximum absolute atomic E-state index is 11.4. The first-order valence-electron chi connectivity index (χ1n) is 6.79. The minimum absolute atomic E-state index is 0.277. The molecule has 1 unspecified atom stereocenters. The Balaban J connectivity index is 1.92. The number of nitrogens with zero attached hydrogens (tertiary/aromatic N) is 3. The van der Waals surface area contributed by atoms with E-state index in [0.717, 1.165) is 31.5 Å². The molecule has 0 bridgehead atoms. The Bertz CT molecular complexity index is 437.